The molecular weight excluding hydrogens is 272 g/mol. The monoisotopic (exact) mass is 298 g/mol. The number of carbonyl (C=O) groups is 2. The van der Waals surface area contributed by atoms with E-state index in [9.17, 15) is 9.59 Å². The molecule has 2 aliphatic rings. The smallest absolute Gasteiger partial charge is 0.237 e. The number of primary amides is 1. The molecule has 0 aromatic heterocycles. The molecule has 2 amide bonds. The quantitative estimate of drug-likeness (QED) is 0.700. The molecule has 0 saturated carbocycles. The summed E-state index contributed by atoms with van der Waals surface area (Å²) in [5.74, 6) is -0.222. The maximum atomic E-state index is 12.2. The Morgan fingerprint density at radius 2 is 1.86 bits per heavy atom. The minimum absolute atomic E-state index is 0.158. The Kier molecular flexibility index (Phi) is 5.55. The van der Waals surface area contributed by atoms with E-state index in [1.54, 1.807) is 0 Å². The van der Waals surface area contributed by atoms with Crippen LogP contribution in [0, 0.1) is 0 Å². The van der Waals surface area contributed by atoms with Gasteiger partial charge in [-0.1, -0.05) is 0 Å². The van der Waals surface area contributed by atoms with Crippen molar-refractivity contribution in [1.29, 1.82) is 0 Å². The Labute approximate surface area is 126 Å². The van der Waals surface area contributed by atoms with Gasteiger partial charge < -0.3 is 20.3 Å². The van der Waals surface area contributed by atoms with Crippen molar-refractivity contribution in [2.24, 2.45) is 5.73 Å². The van der Waals surface area contributed by atoms with E-state index < -0.39 is 6.04 Å². The van der Waals surface area contributed by atoms with Crippen LogP contribution in [0.15, 0.2) is 0 Å². The number of ether oxygens (including phenoxy) is 1. The summed E-state index contributed by atoms with van der Waals surface area (Å²) in [5, 5.41) is 0. The summed E-state index contributed by atoms with van der Waals surface area (Å²) >= 11 is 0. The van der Waals surface area contributed by atoms with E-state index in [1.165, 1.54) is 0 Å². The van der Waals surface area contributed by atoms with Gasteiger partial charge in [0.2, 0.25) is 11.8 Å². The van der Waals surface area contributed by atoms with Crippen LogP contribution in [-0.4, -0.2) is 91.6 Å². The maximum Gasteiger partial charge on any atom is 0.237 e. The van der Waals surface area contributed by atoms with E-state index in [0.29, 0.717) is 26.1 Å². The Bertz CT molecular complexity index is 382. The van der Waals surface area contributed by atoms with Gasteiger partial charge in [-0.05, 0) is 14.0 Å². The molecule has 7 heteroatoms. The van der Waals surface area contributed by atoms with E-state index in [-0.39, 0.29) is 17.9 Å². The van der Waals surface area contributed by atoms with Crippen LogP contribution in [0.1, 0.15) is 13.3 Å². The molecule has 0 spiro atoms. The van der Waals surface area contributed by atoms with Gasteiger partial charge in [0.05, 0.1) is 12.7 Å². The third-order valence-electron chi connectivity index (χ3n) is 4.36. The van der Waals surface area contributed by atoms with E-state index in [0.717, 1.165) is 26.2 Å². The Hall–Kier alpha value is -1.18. The number of hydrogen-bond acceptors (Lipinski definition) is 5. The fraction of sp³-hybridized carbons (Fsp3) is 0.857. The number of amides is 2. The van der Waals surface area contributed by atoms with Gasteiger partial charge >= 0.3 is 0 Å². The van der Waals surface area contributed by atoms with Crippen LogP contribution in [0.3, 0.4) is 0 Å². The first-order valence-electron chi connectivity index (χ1n) is 7.60. The second kappa shape index (κ2) is 7.20. The van der Waals surface area contributed by atoms with Gasteiger partial charge in [0.1, 0.15) is 6.04 Å². The lowest BCUT2D eigenvalue weighted by Gasteiger charge is -2.38. The van der Waals surface area contributed by atoms with Crippen LogP contribution < -0.4 is 5.73 Å². The average molecular weight is 298 g/mol. The number of piperazine rings is 1. The lowest BCUT2D eigenvalue weighted by atomic mass is 10.1. The first kappa shape index (κ1) is 16.2. The van der Waals surface area contributed by atoms with Crippen molar-refractivity contribution in [2.45, 2.75) is 25.5 Å². The van der Waals surface area contributed by atoms with Crippen molar-refractivity contribution in [3.8, 4) is 0 Å². The summed E-state index contributed by atoms with van der Waals surface area (Å²) in [6.07, 6.45) is 0.218. The first-order chi connectivity index (χ1) is 9.99. The van der Waals surface area contributed by atoms with E-state index >= 15 is 0 Å². The van der Waals surface area contributed by atoms with Crippen molar-refractivity contribution in [1.82, 2.24) is 14.7 Å². The third kappa shape index (κ3) is 4.15. The summed E-state index contributed by atoms with van der Waals surface area (Å²) in [6, 6.07) is -0.431. The minimum Gasteiger partial charge on any atom is -0.375 e. The number of likely N-dealkylation sites (N-methyl/N-ethyl adjacent to an activating group) is 1. The zero-order valence-corrected chi connectivity index (χ0v) is 13.0. The second-order valence-corrected chi connectivity index (χ2v) is 5.89. The van der Waals surface area contributed by atoms with Crippen molar-refractivity contribution < 1.29 is 14.3 Å². The molecule has 2 saturated heterocycles. The highest BCUT2D eigenvalue weighted by molar-refractivity contribution is 5.81. The fourth-order valence-electron chi connectivity index (χ4n) is 3.00. The maximum absolute atomic E-state index is 12.2. The molecule has 120 valence electrons. The summed E-state index contributed by atoms with van der Waals surface area (Å²) in [4.78, 5) is 29.9. The molecule has 0 aromatic carbocycles. The molecule has 0 radical (unpaired) electrons. The topological polar surface area (TPSA) is 79.1 Å². The lowest BCUT2D eigenvalue weighted by molar-refractivity contribution is -0.140. The molecule has 7 nitrogen and oxygen atoms in total. The van der Waals surface area contributed by atoms with Gasteiger partial charge in [0.25, 0.3) is 0 Å². The van der Waals surface area contributed by atoms with Crippen LogP contribution in [0.2, 0.25) is 0 Å². The van der Waals surface area contributed by atoms with Gasteiger partial charge in [0, 0.05) is 45.7 Å². The Morgan fingerprint density at radius 1 is 1.19 bits per heavy atom. The molecular formula is C14H26N4O3. The summed E-state index contributed by atoms with van der Waals surface area (Å²) < 4.78 is 5.47. The number of nitrogens with zero attached hydrogens (tertiary/aromatic N) is 3. The number of carbonyl (C=O) groups excluding carboxylic acids is 2. The lowest BCUT2D eigenvalue weighted by Crippen LogP contribution is -2.57. The highest BCUT2D eigenvalue weighted by Crippen LogP contribution is 2.14. The largest absolute Gasteiger partial charge is 0.375 e. The van der Waals surface area contributed by atoms with E-state index in [2.05, 4.69) is 11.9 Å². The molecule has 2 atom stereocenters. The van der Waals surface area contributed by atoms with Crippen molar-refractivity contribution in [3.63, 3.8) is 0 Å². The van der Waals surface area contributed by atoms with Crippen molar-refractivity contribution in [2.75, 3.05) is 52.9 Å². The molecule has 0 unspecified atom stereocenters. The second-order valence-electron chi connectivity index (χ2n) is 5.89. The van der Waals surface area contributed by atoms with Gasteiger partial charge in [-0.25, -0.2) is 0 Å². The Morgan fingerprint density at radius 3 is 2.48 bits per heavy atom. The molecule has 0 aliphatic carbocycles. The normalized spacial score (nSPS) is 28.6. The Balaban J connectivity index is 1.83. The SMILES string of the molecule is C[C@H]1OCCN(CCC(=O)N2CCN(C)CC2)[C@@H]1C(N)=O. The fourth-order valence-corrected chi connectivity index (χ4v) is 3.00. The standard InChI is InChI=1S/C14H26N4O3/c1-11-13(14(15)20)18(9-10-21-11)4-3-12(19)17-7-5-16(2)6-8-17/h11,13H,3-10H2,1-2H3,(H2,15,20)/t11-,13+/m1/s1. The highest BCUT2D eigenvalue weighted by atomic mass is 16.5. The van der Waals surface area contributed by atoms with E-state index in [4.69, 9.17) is 10.5 Å². The zero-order valence-electron chi connectivity index (χ0n) is 13.0. The number of morpholine rings is 1. The highest BCUT2D eigenvalue weighted by Gasteiger charge is 2.34. The predicted molar refractivity (Wildman–Crippen MR) is 78.7 cm³/mol. The number of nitrogens with two attached hydrogens (primary N) is 1. The van der Waals surface area contributed by atoms with Crippen molar-refractivity contribution >= 4 is 11.8 Å². The number of rotatable bonds is 4. The van der Waals surface area contributed by atoms with Crippen LogP contribution in [0.4, 0.5) is 0 Å². The van der Waals surface area contributed by atoms with Crippen LogP contribution in [0.25, 0.3) is 0 Å². The van der Waals surface area contributed by atoms with Crippen LogP contribution >= 0.6 is 0 Å². The molecule has 2 aliphatic heterocycles. The molecule has 0 bridgehead atoms. The molecule has 0 aromatic rings. The zero-order chi connectivity index (χ0) is 15.4. The molecule has 2 N–H and O–H groups in total. The van der Waals surface area contributed by atoms with Gasteiger partial charge in [0.15, 0.2) is 0 Å². The third-order valence-corrected chi connectivity index (χ3v) is 4.36. The average Bonchev–Trinajstić information content (AvgIpc) is 2.45. The molecule has 2 rings (SSSR count). The van der Waals surface area contributed by atoms with Gasteiger partial charge in [-0.15, -0.1) is 0 Å². The summed E-state index contributed by atoms with van der Waals surface area (Å²) in [5.41, 5.74) is 5.45. The summed E-state index contributed by atoms with van der Waals surface area (Å²) in [6.45, 7) is 7.05. The minimum atomic E-state index is -0.431. The number of hydrogen-bond donors (Lipinski definition) is 1. The molecule has 2 heterocycles. The van der Waals surface area contributed by atoms with Gasteiger partial charge in [-0.2, -0.15) is 0 Å². The van der Waals surface area contributed by atoms with Crippen LogP contribution in [-0.2, 0) is 14.3 Å². The van der Waals surface area contributed by atoms with Crippen LogP contribution in [0.5, 0.6) is 0 Å². The van der Waals surface area contributed by atoms with Crippen molar-refractivity contribution in [3.05, 3.63) is 0 Å². The molecule has 21 heavy (non-hydrogen) atoms. The van der Waals surface area contributed by atoms with E-state index in [1.807, 2.05) is 16.7 Å². The first-order valence-corrected chi connectivity index (χ1v) is 7.60. The predicted octanol–water partition coefficient (Wildman–Crippen LogP) is -1.27. The molecule has 2 fully saturated rings. The van der Waals surface area contributed by atoms with Gasteiger partial charge in [-0.3, -0.25) is 14.5 Å². The summed E-state index contributed by atoms with van der Waals surface area (Å²) in [7, 11) is 2.06.